The van der Waals surface area contributed by atoms with E-state index in [-0.39, 0.29) is 19.6 Å². The number of alkyl carbamates (subject to hydrolysis) is 1. The summed E-state index contributed by atoms with van der Waals surface area (Å²) >= 11 is 0. The van der Waals surface area contributed by atoms with Crippen LogP contribution in [-0.4, -0.2) is 101 Å². The molecule has 1 aliphatic rings. The Morgan fingerprint density at radius 3 is 2.22 bits per heavy atom. The van der Waals surface area contributed by atoms with Crippen LogP contribution >= 0.6 is 0 Å². The molecule has 5 amide bonds. The first-order chi connectivity index (χ1) is 21.5. The Labute approximate surface area is 268 Å². The summed E-state index contributed by atoms with van der Waals surface area (Å²) in [5.74, 6) is -4.17. The molecule has 1 aliphatic heterocycles. The molecule has 0 spiro atoms. The van der Waals surface area contributed by atoms with E-state index < -0.39 is 83.8 Å². The van der Waals surface area contributed by atoms with Crippen LogP contribution in [-0.2, 0) is 51.3 Å². The lowest BCUT2D eigenvalue weighted by Gasteiger charge is -2.29. The van der Waals surface area contributed by atoms with Crippen LogP contribution in [0.3, 0.4) is 0 Å². The molecule has 258 valence electrons. The van der Waals surface area contributed by atoms with Crippen molar-refractivity contribution in [3.05, 3.63) is 11.9 Å². The van der Waals surface area contributed by atoms with E-state index in [4.69, 9.17) is 9.47 Å². The molecule has 0 saturated carbocycles. The number of rotatable bonds is 6. The maximum atomic E-state index is 13.5. The number of aryl methyl sites for hydroxylation is 1. The van der Waals surface area contributed by atoms with E-state index in [1.165, 1.54) is 11.8 Å². The van der Waals surface area contributed by atoms with Gasteiger partial charge < -0.3 is 40.8 Å². The molecule has 17 heteroatoms. The Morgan fingerprint density at radius 2 is 1.63 bits per heavy atom. The summed E-state index contributed by atoms with van der Waals surface area (Å²) in [6.07, 6.45) is 1.41. The van der Waals surface area contributed by atoms with E-state index in [2.05, 4.69) is 41.6 Å². The van der Waals surface area contributed by atoms with Gasteiger partial charge >= 0.3 is 12.1 Å². The monoisotopic (exact) mass is 652 g/mol. The molecule has 0 fully saturated rings. The third-order valence-electron chi connectivity index (χ3n) is 6.77. The van der Waals surface area contributed by atoms with E-state index >= 15 is 0 Å². The van der Waals surface area contributed by atoms with E-state index in [9.17, 15) is 28.8 Å². The van der Waals surface area contributed by atoms with Crippen LogP contribution in [0.5, 0.6) is 0 Å². The summed E-state index contributed by atoms with van der Waals surface area (Å²) in [5, 5.41) is 21.1. The highest BCUT2D eigenvalue weighted by Gasteiger charge is 2.34. The second-order valence-corrected chi connectivity index (χ2v) is 12.6. The molecule has 0 unspecified atom stereocenters. The van der Waals surface area contributed by atoms with Gasteiger partial charge in [-0.25, -0.2) is 4.79 Å². The molecule has 4 atom stereocenters. The average molecular weight is 653 g/mol. The molecule has 2 rings (SSSR count). The van der Waals surface area contributed by atoms with Crippen molar-refractivity contribution in [2.45, 2.75) is 104 Å². The number of hydrogen-bond acceptors (Lipinski definition) is 11. The van der Waals surface area contributed by atoms with Crippen molar-refractivity contribution in [1.82, 2.24) is 41.6 Å². The predicted molar refractivity (Wildman–Crippen MR) is 163 cm³/mol. The molecule has 0 radical (unpaired) electrons. The van der Waals surface area contributed by atoms with Crippen molar-refractivity contribution in [1.29, 1.82) is 0 Å². The van der Waals surface area contributed by atoms with Gasteiger partial charge in [0.1, 0.15) is 42.0 Å². The highest BCUT2D eigenvalue weighted by Crippen LogP contribution is 2.11. The number of fused-ring (bicyclic) bond motifs is 2. The number of aromatic nitrogens is 3. The fraction of sp³-hybridized carbons (Fsp3) is 0.724. The zero-order valence-electron chi connectivity index (χ0n) is 27.8. The summed E-state index contributed by atoms with van der Waals surface area (Å²) in [6.45, 7) is 11.5. The van der Waals surface area contributed by atoms with Crippen LogP contribution < -0.4 is 26.6 Å². The molecule has 17 nitrogen and oxygen atoms in total. The van der Waals surface area contributed by atoms with Gasteiger partial charge in [0.25, 0.3) is 0 Å². The van der Waals surface area contributed by atoms with Gasteiger partial charge in [-0.3, -0.25) is 28.7 Å². The first-order valence-electron chi connectivity index (χ1n) is 15.2. The number of nitrogens with one attached hydrogen (secondary N) is 5. The zero-order chi connectivity index (χ0) is 34.6. The lowest BCUT2D eigenvalue weighted by molar-refractivity contribution is -0.142. The smallest absolute Gasteiger partial charge is 0.408 e. The quantitative estimate of drug-likeness (QED) is 0.247. The van der Waals surface area contributed by atoms with E-state index in [1.807, 2.05) is 0 Å². The fourth-order valence-corrected chi connectivity index (χ4v) is 4.34. The molecular formula is C29H48N8O9. The van der Waals surface area contributed by atoms with Gasteiger partial charge in [0.2, 0.25) is 23.6 Å². The largest absolute Gasteiger partial charge is 0.468 e. The normalized spacial score (nSPS) is 22.3. The fourth-order valence-electron chi connectivity index (χ4n) is 4.34. The Balaban J connectivity index is 2.39. The summed E-state index contributed by atoms with van der Waals surface area (Å²) in [5.41, 5.74) is -0.367. The summed E-state index contributed by atoms with van der Waals surface area (Å²) in [4.78, 5) is 77.6. The molecular weight excluding hydrogens is 604 g/mol. The molecule has 0 saturated heterocycles. The zero-order valence-corrected chi connectivity index (χ0v) is 27.8. The van der Waals surface area contributed by atoms with Gasteiger partial charge in [-0.05, 0) is 45.4 Å². The van der Waals surface area contributed by atoms with Crippen LogP contribution in [0, 0.1) is 11.8 Å². The minimum absolute atomic E-state index is 0.0533. The Hall–Kier alpha value is -4.28. The average Bonchev–Trinajstić information content (AvgIpc) is 3.41. The van der Waals surface area contributed by atoms with Gasteiger partial charge in [-0.2, -0.15) is 0 Å². The third kappa shape index (κ3) is 12.6. The molecule has 0 aliphatic carbocycles. The number of carbonyl (C=O) groups excluding carboxylic acids is 6. The summed E-state index contributed by atoms with van der Waals surface area (Å²) < 4.78 is 17.1. The maximum Gasteiger partial charge on any atom is 0.408 e. The molecule has 1 aromatic rings. The molecule has 1 aromatic heterocycles. The molecule has 46 heavy (non-hydrogen) atoms. The first-order valence-corrected chi connectivity index (χ1v) is 15.2. The minimum atomic E-state index is -1.24. The lowest BCUT2D eigenvalue weighted by Crippen LogP contribution is -2.61. The minimum Gasteiger partial charge on any atom is -0.468 e. The first kappa shape index (κ1) is 37.9. The molecule has 5 N–H and O–H groups in total. The number of nitrogens with zero attached hydrogens (tertiary/aromatic N) is 3. The number of ether oxygens (including phenoxy) is 3. The number of amides is 5. The Bertz CT molecular complexity index is 1230. The van der Waals surface area contributed by atoms with Crippen LogP contribution in [0.1, 0.15) is 67.0 Å². The standard InChI is InChI=1S/C29H48N8O9/c1-16(2)22-26(41)31-20(24(39)30-12-21(38)44-8)15-45-14-18-13-37(36-35-18)11-9-10-19(32-28(43)46-29(5,6)7)25(40)33-23(17(3)4)27(42)34-22/h13,16-17,19-20,22-23H,9-12,14-15H2,1-8H3,(H,30,39)(H,31,41)(H,32,43)(H,33,40)(H,34,42)/t19-,20-,22-,23-/m0/s1. The predicted octanol–water partition coefficient (Wildman–Crippen LogP) is -0.463. The van der Waals surface area contributed by atoms with E-state index in [0.29, 0.717) is 18.7 Å². The highest BCUT2D eigenvalue weighted by atomic mass is 16.6. The van der Waals surface area contributed by atoms with Gasteiger partial charge in [-0.1, -0.05) is 32.9 Å². The highest BCUT2D eigenvalue weighted by molar-refractivity contribution is 5.95. The van der Waals surface area contributed by atoms with Crippen molar-refractivity contribution < 1.29 is 43.0 Å². The van der Waals surface area contributed by atoms with Crippen LogP contribution in [0.15, 0.2) is 6.20 Å². The second kappa shape index (κ2) is 17.4. The molecule has 0 aromatic carbocycles. The lowest BCUT2D eigenvalue weighted by atomic mass is 9.98. The molecule has 2 heterocycles. The maximum absolute atomic E-state index is 13.5. The number of hydrogen-bond donors (Lipinski definition) is 5. The molecule has 2 bridgehead atoms. The summed E-state index contributed by atoms with van der Waals surface area (Å²) in [6, 6.07) is -4.48. The Morgan fingerprint density at radius 1 is 1.02 bits per heavy atom. The van der Waals surface area contributed by atoms with Crippen molar-refractivity contribution in [3.8, 4) is 0 Å². The van der Waals surface area contributed by atoms with Crippen molar-refractivity contribution >= 4 is 35.7 Å². The van der Waals surface area contributed by atoms with E-state index in [1.54, 1.807) is 54.7 Å². The second-order valence-electron chi connectivity index (χ2n) is 12.6. The van der Waals surface area contributed by atoms with Crippen molar-refractivity contribution in [3.63, 3.8) is 0 Å². The van der Waals surface area contributed by atoms with E-state index in [0.717, 1.165) is 0 Å². The topological polar surface area (TPSA) is 221 Å². The van der Waals surface area contributed by atoms with Gasteiger partial charge in [0.15, 0.2) is 0 Å². The van der Waals surface area contributed by atoms with Crippen LogP contribution in [0.2, 0.25) is 0 Å². The Kier molecular flexibility index (Phi) is 14.4. The van der Waals surface area contributed by atoms with Crippen LogP contribution in [0.25, 0.3) is 0 Å². The van der Waals surface area contributed by atoms with Gasteiger partial charge in [0.05, 0.1) is 26.5 Å². The van der Waals surface area contributed by atoms with Gasteiger partial charge in [0, 0.05) is 6.54 Å². The van der Waals surface area contributed by atoms with Crippen molar-refractivity contribution in [2.24, 2.45) is 11.8 Å². The third-order valence-corrected chi connectivity index (χ3v) is 6.77. The van der Waals surface area contributed by atoms with Gasteiger partial charge in [-0.15, -0.1) is 5.10 Å². The number of carbonyl (C=O) groups is 6. The SMILES string of the molecule is COC(=O)CNC(=O)[C@@H]1COCc2cn(nn2)CCC[C@H](NC(=O)OC(C)(C)C)C(=O)N[C@@H](C(C)C)C(=O)N[C@@H](C(C)C)C(=O)N1. The summed E-state index contributed by atoms with van der Waals surface area (Å²) in [7, 11) is 1.17. The van der Waals surface area contributed by atoms with Crippen LogP contribution in [0.4, 0.5) is 4.79 Å². The van der Waals surface area contributed by atoms with Crippen molar-refractivity contribution in [2.75, 3.05) is 20.3 Å². The number of methoxy groups -OCH3 is 1. The number of esters is 1.